The zero-order valence-corrected chi connectivity index (χ0v) is 18.5. The van der Waals surface area contributed by atoms with Crippen molar-refractivity contribution in [1.82, 2.24) is 0 Å². The molecule has 0 aromatic heterocycles. The van der Waals surface area contributed by atoms with Crippen LogP contribution < -0.4 is 5.32 Å². The molecule has 0 unspecified atom stereocenters. The van der Waals surface area contributed by atoms with Gasteiger partial charge in [-0.15, -0.1) is 0 Å². The first-order valence-electron chi connectivity index (χ1n) is 10.4. The van der Waals surface area contributed by atoms with Gasteiger partial charge in [-0.25, -0.2) is 4.79 Å². The third-order valence-corrected chi connectivity index (χ3v) is 6.24. The van der Waals surface area contributed by atoms with Crippen LogP contribution in [0.5, 0.6) is 0 Å². The summed E-state index contributed by atoms with van der Waals surface area (Å²) in [4.78, 5) is 12.7. The van der Waals surface area contributed by atoms with E-state index < -0.39 is 35.0 Å². The van der Waals surface area contributed by atoms with Gasteiger partial charge in [-0.05, 0) is 56.1 Å². The largest absolute Gasteiger partial charge is 0.464 e. The summed E-state index contributed by atoms with van der Waals surface area (Å²) in [6.45, 7) is 8.08. The van der Waals surface area contributed by atoms with Crippen LogP contribution in [0.15, 0.2) is 24.3 Å². The van der Waals surface area contributed by atoms with Gasteiger partial charge in [0.05, 0.1) is 6.61 Å². The fraction of sp³-hybridized carbons (Fsp3) is 0.682. The number of benzene rings is 1. The monoisotopic (exact) mass is 469 g/mol. The van der Waals surface area contributed by atoms with Crippen LogP contribution in [-0.2, 0) is 15.1 Å². The quantitative estimate of drug-likeness (QED) is 0.413. The summed E-state index contributed by atoms with van der Waals surface area (Å²) in [6.07, 6.45) is -9.70. The van der Waals surface area contributed by atoms with Gasteiger partial charge < -0.3 is 15.2 Å². The summed E-state index contributed by atoms with van der Waals surface area (Å²) in [5, 5.41) is 12.5. The zero-order valence-electron chi connectivity index (χ0n) is 18.5. The van der Waals surface area contributed by atoms with E-state index in [1.165, 1.54) is 0 Å². The average Bonchev–Trinajstić information content (AvgIpc) is 2.66. The second-order valence-corrected chi connectivity index (χ2v) is 9.35. The van der Waals surface area contributed by atoms with Crippen LogP contribution in [0.2, 0.25) is 0 Å². The first-order chi connectivity index (χ1) is 14.5. The van der Waals surface area contributed by atoms with Crippen LogP contribution in [0.4, 0.5) is 32.0 Å². The molecular weight excluding hydrogens is 440 g/mol. The first kappa shape index (κ1) is 26.3. The maximum atomic E-state index is 13.1. The molecule has 0 bridgehead atoms. The van der Waals surface area contributed by atoms with Gasteiger partial charge in [-0.1, -0.05) is 32.9 Å². The van der Waals surface area contributed by atoms with Crippen LogP contribution >= 0.6 is 0 Å². The number of alkyl halides is 6. The van der Waals surface area contributed by atoms with Crippen molar-refractivity contribution in [2.75, 3.05) is 11.9 Å². The van der Waals surface area contributed by atoms with Crippen molar-refractivity contribution in [2.24, 2.45) is 11.3 Å². The lowest BCUT2D eigenvalue weighted by molar-refractivity contribution is -0.376. The number of carbonyl (C=O) groups is 1. The molecule has 1 aliphatic rings. The summed E-state index contributed by atoms with van der Waals surface area (Å²) in [5.41, 5.74) is -7.30. The lowest BCUT2D eigenvalue weighted by Gasteiger charge is -2.43. The van der Waals surface area contributed by atoms with Gasteiger partial charge in [0.15, 0.2) is 0 Å². The van der Waals surface area contributed by atoms with Crippen molar-refractivity contribution >= 4 is 11.7 Å². The summed E-state index contributed by atoms with van der Waals surface area (Å²) in [5.74, 6) is -0.165. The summed E-state index contributed by atoms with van der Waals surface area (Å²) in [7, 11) is 0. The number of carbonyl (C=O) groups excluding carboxylic acids is 1. The van der Waals surface area contributed by atoms with Gasteiger partial charge in [0.25, 0.3) is 5.60 Å². The molecule has 0 spiro atoms. The number of rotatable bonds is 5. The molecule has 0 heterocycles. The molecule has 0 amide bonds. The predicted octanol–water partition coefficient (Wildman–Crippen LogP) is 5.95. The lowest BCUT2D eigenvalue weighted by atomic mass is 9.67. The van der Waals surface area contributed by atoms with E-state index in [4.69, 9.17) is 4.74 Å². The fourth-order valence-corrected chi connectivity index (χ4v) is 4.19. The van der Waals surface area contributed by atoms with Gasteiger partial charge in [0.1, 0.15) is 5.54 Å². The molecule has 32 heavy (non-hydrogen) atoms. The number of aliphatic hydroxyl groups is 1. The molecule has 1 aromatic carbocycles. The zero-order chi connectivity index (χ0) is 24.6. The van der Waals surface area contributed by atoms with Gasteiger partial charge in [0, 0.05) is 11.3 Å². The standard InChI is InChI=1S/C22H29F6NO3/c1-5-32-17(30)19(12-10-14(11-13-19)18(2,3)4)29-16-8-6-15(7-9-16)20(31,21(23,24)25)22(26,27)28/h6-9,14,29,31H,5,10-13H2,1-4H3. The number of esters is 1. The number of hydrogen-bond donors (Lipinski definition) is 2. The van der Waals surface area contributed by atoms with Crippen molar-refractivity contribution in [3.63, 3.8) is 0 Å². The Morgan fingerprint density at radius 2 is 1.50 bits per heavy atom. The van der Waals surface area contributed by atoms with E-state index >= 15 is 0 Å². The molecule has 10 heteroatoms. The number of halogens is 6. The van der Waals surface area contributed by atoms with E-state index in [1.807, 2.05) is 0 Å². The molecule has 1 fully saturated rings. The van der Waals surface area contributed by atoms with Crippen molar-refractivity contribution in [2.45, 2.75) is 76.9 Å². The van der Waals surface area contributed by atoms with E-state index in [0.29, 0.717) is 43.7 Å². The van der Waals surface area contributed by atoms with Crippen LogP contribution in [0.25, 0.3) is 0 Å². The SMILES string of the molecule is CCOC(=O)C1(Nc2ccc(C(O)(C(F)(F)F)C(F)(F)F)cc2)CCC(C(C)(C)C)CC1. The minimum atomic E-state index is -5.96. The maximum Gasteiger partial charge on any atom is 0.430 e. The Kier molecular flexibility index (Phi) is 7.19. The molecule has 4 nitrogen and oxygen atoms in total. The van der Waals surface area contributed by atoms with E-state index in [2.05, 4.69) is 26.1 Å². The van der Waals surface area contributed by atoms with Gasteiger partial charge >= 0.3 is 18.3 Å². The van der Waals surface area contributed by atoms with E-state index in [9.17, 15) is 36.2 Å². The fourth-order valence-electron chi connectivity index (χ4n) is 4.19. The van der Waals surface area contributed by atoms with Crippen molar-refractivity contribution in [3.05, 3.63) is 29.8 Å². The van der Waals surface area contributed by atoms with Crippen LogP contribution in [0, 0.1) is 11.3 Å². The number of nitrogens with one attached hydrogen (secondary N) is 1. The van der Waals surface area contributed by atoms with Crippen LogP contribution in [0.3, 0.4) is 0 Å². The Balaban J connectivity index is 2.33. The Morgan fingerprint density at radius 1 is 1.03 bits per heavy atom. The summed E-state index contributed by atoms with van der Waals surface area (Å²) >= 11 is 0. The maximum absolute atomic E-state index is 13.1. The number of ether oxygens (including phenoxy) is 1. The molecule has 182 valence electrons. The highest BCUT2D eigenvalue weighted by molar-refractivity contribution is 5.84. The smallest absolute Gasteiger partial charge is 0.430 e. The Hall–Kier alpha value is -1.97. The molecule has 0 radical (unpaired) electrons. The van der Waals surface area contributed by atoms with E-state index in [-0.39, 0.29) is 17.7 Å². The van der Waals surface area contributed by atoms with Gasteiger partial charge in [-0.2, -0.15) is 26.3 Å². The second kappa shape index (κ2) is 8.76. The number of hydrogen-bond acceptors (Lipinski definition) is 4. The molecule has 2 rings (SSSR count). The molecule has 1 saturated carbocycles. The highest BCUT2D eigenvalue weighted by atomic mass is 19.4. The minimum absolute atomic E-state index is 0.0299. The molecule has 0 atom stereocenters. The second-order valence-electron chi connectivity index (χ2n) is 9.35. The third kappa shape index (κ3) is 5.00. The van der Waals surface area contributed by atoms with Gasteiger partial charge in [-0.3, -0.25) is 0 Å². The van der Waals surface area contributed by atoms with Gasteiger partial charge in [0.2, 0.25) is 0 Å². The molecule has 2 N–H and O–H groups in total. The third-order valence-electron chi connectivity index (χ3n) is 6.24. The molecule has 1 aromatic rings. The Morgan fingerprint density at radius 3 is 1.88 bits per heavy atom. The molecule has 0 aliphatic heterocycles. The van der Waals surface area contributed by atoms with Crippen molar-refractivity contribution in [3.8, 4) is 0 Å². The minimum Gasteiger partial charge on any atom is -0.464 e. The van der Waals surface area contributed by atoms with E-state index in [0.717, 1.165) is 12.1 Å². The lowest BCUT2D eigenvalue weighted by Crippen LogP contribution is -2.54. The number of anilines is 1. The van der Waals surface area contributed by atoms with Crippen molar-refractivity contribution < 1.29 is 41.0 Å². The molecule has 0 saturated heterocycles. The first-order valence-corrected chi connectivity index (χ1v) is 10.4. The van der Waals surface area contributed by atoms with Crippen LogP contribution in [0.1, 0.15) is 58.9 Å². The average molecular weight is 469 g/mol. The Bertz CT molecular complexity index is 774. The normalized spacial score (nSPS) is 23.0. The molecular formula is C22H29F6NO3. The Labute approximate surface area is 183 Å². The van der Waals surface area contributed by atoms with Crippen molar-refractivity contribution in [1.29, 1.82) is 0 Å². The summed E-state index contributed by atoms with van der Waals surface area (Å²) < 4.78 is 83.8. The topological polar surface area (TPSA) is 58.6 Å². The highest BCUT2D eigenvalue weighted by Crippen LogP contribution is 2.50. The highest BCUT2D eigenvalue weighted by Gasteiger charge is 2.71. The summed E-state index contributed by atoms with van der Waals surface area (Å²) in [6, 6.07) is 3.11. The predicted molar refractivity (Wildman–Crippen MR) is 107 cm³/mol. The van der Waals surface area contributed by atoms with Crippen LogP contribution in [-0.4, -0.2) is 35.6 Å². The molecule has 1 aliphatic carbocycles. The van der Waals surface area contributed by atoms with E-state index in [1.54, 1.807) is 6.92 Å².